The number of nitrogens with one attached hydrogen (secondary N) is 2. The standard InChI is InChI=1S/C22H21N3O4S2/c1-25(17-7-3-2-4-8-17)31(28,29)18-9-5-6-16(14-18)23-22(27)19-12-13-20(30-19)24-21(26)15-10-11-15/h2-9,12-15H,10-11H2,1H3,(H,23,27)(H,24,26). The maximum Gasteiger partial charge on any atom is 0.265 e. The zero-order valence-electron chi connectivity index (χ0n) is 16.7. The van der Waals surface area contributed by atoms with Gasteiger partial charge in [0.1, 0.15) is 0 Å². The molecule has 3 aromatic rings. The third-order valence-electron chi connectivity index (χ3n) is 4.89. The van der Waals surface area contributed by atoms with Crippen molar-refractivity contribution in [3.05, 3.63) is 71.6 Å². The molecule has 1 fully saturated rings. The van der Waals surface area contributed by atoms with E-state index in [2.05, 4.69) is 10.6 Å². The van der Waals surface area contributed by atoms with Gasteiger partial charge in [-0.3, -0.25) is 13.9 Å². The number of benzene rings is 2. The molecule has 160 valence electrons. The Balaban J connectivity index is 1.47. The van der Waals surface area contributed by atoms with Crippen LogP contribution >= 0.6 is 11.3 Å². The zero-order chi connectivity index (χ0) is 22.0. The normalized spacial score (nSPS) is 13.5. The summed E-state index contributed by atoms with van der Waals surface area (Å²) < 4.78 is 27.2. The summed E-state index contributed by atoms with van der Waals surface area (Å²) in [6, 6.07) is 18.2. The second-order valence-corrected chi connectivity index (χ2v) is 10.3. The number of sulfonamides is 1. The summed E-state index contributed by atoms with van der Waals surface area (Å²) >= 11 is 1.18. The molecule has 0 saturated heterocycles. The number of nitrogens with zero attached hydrogens (tertiary/aromatic N) is 1. The van der Waals surface area contributed by atoms with Crippen LogP contribution in [0.2, 0.25) is 0 Å². The highest BCUT2D eigenvalue weighted by molar-refractivity contribution is 7.92. The van der Waals surface area contributed by atoms with Crippen molar-refractivity contribution in [1.82, 2.24) is 0 Å². The van der Waals surface area contributed by atoms with Crippen molar-refractivity contribution >= 4 is 49.6 Å². The van der Waals surface area contributed by atoms with Crippen molar-refractivity contribution in [1.29, 1.82) is 0 Å². The molecule has 0 radical (unpaired) electrons. The maximum atomic E-state index is 13.0. The number of para-hydroxylation sites is 1. The fraction of sp³-hybridized carbons (Fsp3) is 0.182. The lowest BCUT2D eigenvalue weighted by Gasteiger charge is -2.19. The first-order valence-electron chi connectivity index (χ1n) is 9.71. The number of thiophene rings is 1. The van der Waals surface area contributed by atoms with Crippen LogP contribution in [-0.2, 0) is 14.8 Å². The number of hydrogen-bond donors (Lipinski definition) is 2. The Kier molecular flexibility index (Phi) is 5.79. The number of rotatable bonds is 7. The molecule has 0 spiro atoms. The third kappa shape index (κ3) is 4.78. The van der Waals surface area contributed by atoms with Gasteiger partial charge < -0.3 is 10.6 Å². The molecule has 0 aliphatic heterocycles. The van der Waals surface area contributed by atoms with Gasteiger partial charge in [0.25, 0.3) is 15.9 Å². The van der Waals surface area contributed by atoms with E-state index in [1.165, 1.54) is 34.8 Å². The third-order valence-corrected chi connectivity index (χ3v) is 7.68. The molecule has 1 aromatic heterocycles. The SMILES string of the molecule is CN(c1ccccc1)S(=O)(=O)c1cccc(NC(=O)c2ccc(NC(=O)C3CC3)s2)c1. The first kappa shape index (κ1) is 21.1. The first-order valence-corrected chi connectivity index (χ1v) is 12.0. The van der Waals surface area contributed by atoms with Crippen LogP contribution < -0.4 is 14.9 Å². The molecule has 4 rings (SSSR count). The lowest BCUT2D eigenvalue weighted by atomic mass is 10.3. The second-order valence-electron chi connectivity index (χ2n) is 7.22. The van der Waals surface area contributed by atoms with Gasteiger partial charge in [0.2, 0.25) is 5.91 Å². The van der Waals surface area contributed by atoms with Crippen molar-refractivity contribution in [3.8, 4) is 0 Å². The zero-order valence-corrected chi connectivity index (χ0v) is 18.4. The number of hydrogen-bond acceptors (Lipinski definition) is 5. The average Bonchev–Trinajstić information content (AvgIpc) is 3.53. The van der Waals surface area contributed by atoms with E-state index in [9.17, 15) is 18.0 Å². The van der Waals surface area contributed by atoms with E-state index in [0.29, 0.717) is 21.3 Å². The number of carbonyl (C=O) groups excluding carboxylic acids is 2. The van der Waals surface area contributed by atoms with E-state index < -0.39 is 10.0 Å². The number of carbonyl (C=O) groups is 2. The Hall–Kier alpha value is -3.17. The predicted molar refractivity (Wildman–Crippen MR) is 122 cm³/mol. The van der Waals surface area contributed by atoms with Crippen molar-refractivity contribution in [2.75, 3.05) is 22.0 Å². The van der Waals surface area contributed by atoms with E-state index in [-0.39, 0.29) is 22.6 Å². The largest absolute Gasteiger partial charge is 0.321 e. The monoisotopic (exact) mass is 455 g/mol. The van der Waals surface area contributed by atoms with E-state index in [1.807, 2.05) is 6.07 Å². The van der Waals surface area contributed by atoms with Gasteiger partial charge in [0, 0.05) is 18.7 Å². The Labute approximate surface area is 184 Å². The van der Waals surface area contributed by atoms with Gasteiger partial charge in [-0.05, 0) is 55.3 Å². The molecule has 9 heteroatoms. The van der Waals surface area contributed by atoms with Crippen molar-refractivity contribution in [2.45, 2.75) is 17.7 Å². The molecule has 1 aliphatic rings. The van der Waals surface area contributed by atoms with Gasteiger partial charge in [-0.25, -0.2) is 8.42 Å². The predicted octanol–water partition coefficient (Wildman–Crippen LogP) is 4.17. The molecule has 0 unspecified atom stereocenters. The van der Waals surface area contributed by atoms with Crippen LogP contribution in [0.5, 0.6) is 0 Å². The molecule has 0 atom stereocenters. The van der Waals surface area contributed by atoms with Crippen LogP contribution in [0, 0.1) is 5.92 Å². The Morgan fingerprint density at radius 1 is 0.968 bits per heavy atom. The summed E-state index contributed by atoms with van der Waals surface area (Å²) in [5.74, 6) is -0.310. The molecule has 7 nitrogen and oxygen atoms in total. The minimum absolute atomic E-state index is 0.0192. The lowest BCUT2D eigenvalue weighted by molar-refractivity contribution is -0.117. The molecule has 1 aliphatic carbocycles. The van der Waals surface area contributed by atoms with Crippen LogP contribution in [0.1, 0.15) is 22.5 Å². The second kappa shape index (κ2) is 8.52. The van der Waals surface area contributed by atoms with E-state index in [4.69, 9.17) is 0 Å². The Morgan fingerprint density at radius 2 is 1.71 bits per heavy atom. The molecule has 31 heavy (non-hydrogen) atoms. The minimum atomic E-state index is -3.79. The summed E-state index contributed by atoms with van der Waals surface area (Å²) in [5, 5.41) is 6.16. The van der Waals surface area contributed by atoms with Gasteiger partial charge in [0.05, 0.1) is 20.5 Å². The highest BCUT2D eigenvalue weighted by atomic mass is 32.2. The topological polar surface area (TPSA) is 95.6 Å². The van der Waals surface area contributed by atoms with Crippen molar-refractivity contribution < 1.29 is 18.0 Å². The van der Waals surface area contributed by atoms with Crippen LogP contribution in [0.25, 0.3) is 0 Å². The van der Waals surface area contributed by atoms with Crippen LogP contribution in [0.3, 0.4) is 0 Å². The fourth-order valence-corrected chi connectivity index (χ4v) is 5.00. The number of anilines is 3. The van der Waals surface area contributed by atoms with Gasteiger partial charge in [-0.2, -0.15) is 0 Å². The molecule has 1 saturated carbocycles. The molecule has 2 aromatic carbocycles. The van der Waals surface area contributed by atoms with Gasteiger partial charge in [-0.15, -0.1) is 11.3 Å². The molecule has 2 amide bonds. The lowest BCUT2D eigenvalue weighted by Crippen LogP contribution is -2.26. The average molecular weight is 456 g/mol. The van der Waals surface area contributed by atoms with Crippen molar-refractivity contribution in [3.63, 3.8) is 0 Å². The first-order chi connectivity index (χ1) is 14.8. The molecule has 1 heterocycles. The highest BCUT2D eigenvalue weighted by Gasteiger charge is 2.30. The summed E-state index contributed by atoms with van der Waals surface area (Å²) in [4.78, 5) is 25.0. The smallest absolute Gasteiger partial charge is 0.265 e. The fourth-order valence-electron chi connectivity index (χ4n) is 2.96. The Morgan fingerprint density at radius 3 is 2.42 bits per heavy atom. The van der Waals surface area contributed by atoms with Crippen LogP contribution in [-0.4, -0.2) is 27.3 Å². The van der Waals surface area contributed by atoms with Crippen LogP contribution in [0.15, 0.2) is 71.6 Å². The summed E-state index contributed by atoms with van der Waals surface area (Å²) in [7, 11) is -2.30. The molecular weight excluding hydrogens is 434 g/mol. The summed E-state index contributed by atoms with van der Waals surface area (Å²) in [6.45, 7) is 0. The quantitative estimate of drug-likeness (QED) is 0.559. The van der Waals surface area contributed by atoms with E-state index in [1.54, 1.807) is 48.5 Å². The maximum absolute atomic E-state index is 13.0. The molecular formula is C22H21N3O4S2. The van der Waals surface area contributed by atoms with Crippen molar-refractivity contribution in [2.24, 2.45) is 5.92 Å². The van der Waals surface area contributed by atoms with Gasteiger partial charge in [0.15, 0.2) is 0 Å². The number of amides is 2. The van der Waals surface area contributed by atoms with Gasteiger partial charge >= 0.3 is 0 Å². The highest BCUT2D eigenvalue weighted by Crippen LogP contribution is 2.32. The minimum Gasteiger partial charge on any atom is -0.321 e. The summed E-state index contributed by atoms with van der Waals surface area (Å²) in [5.41, 5.74) is 0.904. The molecule has 0 bridgehead atoms. The van der Waals surface area contributed by atoms with E-state index >= 15 is 0 Å². The van der Waals surface area contributed by atoms with Gasteiger partial charge in [-0.1, -0.05) is 24.3 Å². The molecule has 2 N–H and O–H groups in total. The van der Waals surface area contributed by atoms with E-state index in [0.717, 1.165) is 12.8 Å². The Bertz CT molecular complexity index is 1220. The summed E-state index contributed by atoms with van der Waals surface area (Å²) in [6.07, 6.45) is 1.81. The van der Waals surface area contributed by atoms with Crippen LogP contribution in [0.4, 0.5) is 16.4 Å².